The van der Waals surface area contributed by atoms with Gasteiger partial charge < -0.3 is 10.1 Å². The minimum absolute atomic E-state index is 0.174. The summed E-state index contributed by atoms with van der Waals surface area (Å²) in [6, 6.07) is 11.4. The van der Waals surface area contributed by atoms with Gasteiger partial charge in [-0.25, -0.2) is 4.98 Å². The number of carbonyl (C=O) groups is 1. The maximum atomic E-state index is 11.2. The molecule has 0 aliphatic carbocycles. The molecule has 0 saturated carbocycles. The zero-order valence-electron chi connectivity index (χ0n) is 15.7. The Morgan fingerprint density at radius 1 is 1.23 bits per heavy atom. The number of anilines is 1. The van der Waals surface area contributed by atoms with E-state index in [0.29, 0.717) is 35.6 Å². The first-order valence-corrected chi connectivity index (χ1v) is 8.80. The Balaban J connectivity index is 2.18. The number of pyridine rings is 1. The van der Waals surface area contributed by atoms with Crippen LogP contribution >= 0.6 is 0 Å². The van der Waals surface area contributed by atoms with Crippen molar-refractivity contribution >= 4 is 11.7 Å². The molecular weight excluding hydrogens is 326 g/mol. The van der Waals surface area contributed by atoms with Gasteiger partial charge in [0.1, 0.15) is 17.6 Å². The highest BCUT2D eigenvalue weighted by atomic mass is 16.5. The highest BCUT2D eigenvalue weighted by Gasteiger charge is 2.11. The van der Waals surface area contributed by atoms with Crippen LogP contribution in [0.2, 0.25) is 0 Å². The van der Waals surface area contributed by atoms with Crippen LogP contribution in [0.25, 0.3) is 11.1 Å². The number of hydrogen-bond donors (Lipinski definition) is 1. The molecule has 0 aliphatic heterocycles. The highest BCUT2D eigenvalue weighted by Crippen LogP contribution is 2.28. The molecule has 1 amide bonds. The molecule has 0 saturated heterocycles. The lowest BCUT2D eigenvalue weighted by Crippen LogP contribution is -2.11. The number of nitriles is 1. The van der Waals surface area contributed by atoms with Crippen molar-refractivity contribution in [3.05, 3.63) is 42.1 Å². The minimum Gasteiger partial charge on any atom is -0.492 e. The SMILES string of the molecule is CC(=O)Nc1cc(-c2ccc(OCC(C)CC(C)C)c(C#N)c2)ccn1. The largest absolute Gasteiger partial charge is 0.492 e. The molecule has 5 heteroatoms. The summed E-state index contributed by atoms with van der Waals surface area (Å²) in [5.41, 5.74) is 2.25. The Bertz CT molecular complexity index is 809. The monoisotopic (exact) mass is 351 g/mol. The Labute approximate surface area is 155 Å². The van der Waals surface area contributed by atoms with Gasteiger partial charge in [0.25, 0.3) is 0 Å². The van der Waals surface area contributed by atoms with Crippen LogP contribution < -0.4 is 10.1 Å². The first kappa shape index (κ1) is 19.5. The molecule has 1 aromatic heterocycles. The number of aromatic nitrogens is 1. The van der Waals surface area contributed by atoms with E-state index in [0.717, 1.165) is 17.5 Å². The van der Waals surface area contributed by atoms with Gasteiger partial charge in [0.15, 0.2) is 0 Å². The van der Waals surface area contributed by atoms with Crippen molar-refractivity contribution in [2.45, 2.75) is 34.1 Å². The topological polar surface area (TPSA) is 75.0 Å². The first-order chi connectivity index (χ1) is 12.4. The van der Waals surface area contributed by atoms with E-state index in [1.165, 1.54) is 6.92 Å². The first-order valence-electron chi connectivity index (χ1n) is 8.80. The van der Waals surface area contributed by atoms with E-state index >= 15 is 0 Å². The van der Waals surface area contributed by atoms with Crippen LogP contribution in [0.15, 0.2) is 36.5 Å². The van der Waals surface area contributed by atoms with Crippen molar-refractivity contribution < 1.29 is 9.53 Å². The molecule has 1 atom stereocenters. The zero-order chi connectivity index (χ0) is 19.1. The molecule has 0 aliphatic rings. The minimum atomic E-state index is -0.174. The average Bonchev–Trinajstić information content (AvgIpc) is 2.59. The Morgan fingerprint density at radius 3 is 2.62 bits per heavy atom. The lowest BCUT2D eigenvalue weighted by molar-refractivity contribution is -0.114. The van der Waals surface area contributed by atoms with Crippen molar-refractivity contribution in [1.29, 1.82) is 5.26 Å². The van der Waals surface area contributed by atoms with Gasteiger partial charge in [-0.15, -0.1) is 0 Å². The predicted octanol–water partition coefficient (Wildman–Crippen LogP) is 4.64. The molecule has 0 radical (unpaired) electrons. The molecular formula is C21H25N3O2. The number of rotatable bonds is 7. The second kappa shape index (κ2) is 9.00. The van der Waals surface area contributed by atoms with Crippen LogP contribution in [0.5, 0.6) is 5.75 Å². The fourth-order valence-corrected chi connectivity index (χ4v) is 2.89. The molecule has 1 aromatic carbocycles. The van der Waals surface area contributed by atoms with Gasteiger partial charge in [-0.3, -0.25) is 4.79 Å². The lowest BCUT2D eigenvalue weighted by Gasteiger charge is -2.16. The fraction of sp³-hybridized carbons (Fsp3) is 0.381. The molecule has 0 bridgehead atoms. The maximum absolute atomic E-state index is 11.2. The third-order valence-corrected chi connectivity index (χ3v) is 3.89. The van der Waals surface area contributed by atoms with Gasteiger partial charge in [0.2, 0.25) is 5.91 Å². The fourth-order valence-electron chi connectivity index (χ4n) is 2.89. The molecule has 1 heterocycles. The molecule has 2 rings (SSSR count). The Morgan fingerprint density at radius 2 is 1.96 bits per heavy atom. The summed E-state index contributed by atoms with van der Waals surface area (Å²) < 4.78 is 5.87. The van der Waals surface area contributed by atoms with Crippen molar-refractivity contribution in [1.82, 2.24) is 4.98 Å². The van der Waals surface area contributed by atoms with Crippen LogP contribution in [0.4, 0.5) is 5.82 Å². The number of amides is 1. The molecule has 0 spiro atoms. The summed E-state index contributed by atoms with van der Waals surface area (Å²) in [5, 5.41) is 12.1. The van der Waals surface area contributed by atoms with Gasteiger partial charge in [-0.05, 0) is 53.6 Å². The standard InChI is InChI=1S/C21H25N3O2/c1-14(2)9-15(3)13-26-20-6-5-17(10-19(20)12-22)18-7-8-23-21(11-18)24-16(4)25/h5-8,10-11,14-15H,9,13H2,1-4H3,(H,23,24,25). The van der Waals surface area contributed by atoms with Crippen LogP contribution in [-0.2, 0) is 4.79 Å². The third-order valence-electron chi connectivity index (χ3n) is 3.89. The van der Waals surface area contributed by atoms with E-state index in [1.54, 1.807) is 18.3 Å². The van der Waals surface area contributed by atoms with E-state index < -0.39 is 0 Å². The van der Waals surface area contributed by atoms with E-state index in [1.807, 2.05) is 18.2 Å². The van der Waals surface area contributed by atoms with Crippen molar-refractivity contribution in [3.8, 4) is 22.9 Å². The van der Waals surface area contributed by atoms with Crippen LogP contribution in [-0.4, -0.2) is 17.5 Å². The number of ether oxygens (including phenoxy) is 1. The number of benzene rings is 1. The number of hydrogen-bond acceptors (Lipinski definition) is 4. The summed E-state index contributed by atoms with van der Waals surface area (Å²) in [6.07, 6.45) is 2.72. The summed E-state index contributed by atoms with van der Waals surface area (Å²) in [7, 11) is 0. The zero-order valence-corrected chi connectivity index (χ0v) is 15.7. The summed E-state index contributed by atoms with van der Waals surface area (Å²) in [4.78, 5) is 15.3. The van der Waals surface area contributed by atoms with Gasteiger partial charge in [0.05, 0.1) is 12.2 Å². The Hall–Kier alpha value is -2.87. The summed E-state index contributed by atoms with van der Waals surface area (Å²) >= 11 is 0. The molecule has 0 fully saturated rings. The van der Waals surface area contributed by atoms with E-state index in [2.05, 4.69) is 37.1 Å². The molecule has 1 unspecified atom stereocenters. The number of nitrogens with one attached hydrogen (secondary N) is 1. The average molecular weight is 351 g/mol. The van der Waals surface area contributed by atoms with Gasteiger partial charge in [-0.1, -0.05) is 26.8 Å². The van der Waals surface area contributed by atoms with Crippen molar-refractivity contribution in [2.75, 3.05) is 11.9 Å². The van der Waals surface area contributed by atoms with Crippen LogP contribution in [0.3, 0.4) is 0 Å². The van der Waals surface area contributed by atoms with Crippen molar-refractivity contribution in [2.24, 2.45) is 11.8 Å². The number of nitrogens with zero attached hydrogens (tertiary/aromatic N) is 2. The van der Waals surface area contributed by atoms with Gasteiger partial charge in [-0.2, -0.15) is 5.26 Å². The predicted molar refractivity (Wildman–Crippen MR) is 103 cm³/mol. The maximum Gasteiger partial charge on any atom is 0.222 e. The smallest absolute Gasteiger partial charge is 0.222 e. The lowest BCUT2D eigenvalue weighted by atomic mass is 10.00. The van der Waals surface area contributed by atoms with E-state index in [4.69, 9.17) is 4.74 Å². The third kappa shape index (κ3) is 5.59. The second-order valence-electron chi connectivity index (χ2n) is 6.98. The Kier molecular flexibility index (Phi) is 6.74. The van der Waals surface area contributed by atoms with E-state index in [9.17, 15) is 10.1 Å². The van der Waals surface area contributed by atoms with Crippen molar-refractivity contribution in [3.63, 3.8) is 0 Å². The summed E-state index contributed by atoms with van der Waals surface area (Å²) in [6.45, 7) is 8.56. The van der Waals surface area contributed by atoms with E-state index in [-0.39, 0.29) is 5.91 Å². The van der Waals surface area contributed by atoms with Crippen LogP contribution in [0, 0.1) is 23.2 Å². The molecule has 26 heavy (non-hydrogen) atoms. The van der Waals surface area contributed by atoms with Gasteiger partial charge in [0, 0.05) is 13.1 Å². The quantitative estimate of drug-likeness (QED) is 0.788. The number of carbonyl (C=O) groups excluding carboxylic acids is 1. The molecule has 136 valence electrons. The highest BCUT2D eigenvalue weighted by molar-refractivity contribution is 5.88. The molecule has 5 nitrogen and oxygen atoms in total. The second-order valence-corrected chi connectivity index (χ2v) is 6.98. The summed E-state index contributed by atoms with van der Waals surface area (Å²) in [5.74, 6) is 1.96. The molecule has 2 aromatic rings. The van der Waals surface area contributed by atoms with Gasteiger partial charge >= 0.3 is 0 Å². The molecule has 1 N–H and O–H groups in total. The van der Waals surface area contributed by atoms with Crippen LogP contribution in [0.1, 0.15) is 39.7 Å². The normalized spacial score (nSPS) is 11.7.